The molecule has 2 aromatic heterocycles. The number of anilines is 2. The van der Waals surface area contributed by atoms with Crippen molar-refractivity contribution < 1.29 is 18.8 Å². The van der Waals surface area contributed by atoms with Crippen LogP contribution in [-0.2, 0) is 27.1 Å². The first-order valence-corrected chi connectivity index (χ1v) is 14.8. The second-order valence-corrected chi connectivity index (χ2v) is 12.2. The van der Waals surface area contributed by atoms with Crippen LogP contribution in [0.2, 0.25) is 10.0 Å². The van der Waals surface area contributed by atoms with Crippen LogP contribution in [0, 0.1) is 17.1 Å². The van der Waals surface area contributed by atoms with Gasteiger partial charge in [0.15, 0.2) is 5.82 Å². The van der Waals surface area contributed by atoms with Gasteiger partial charge in [-0.25, -0.2) is 14.3 Å². The van der Waals surface area contributed by atoms with Gasteiger partial charge in [-0.15, -0.1) is 0 Å². The van der Waals surface area contributed by atoms with Crippen LogP contribution in [0.1, 0.15) is 54.0 Å². The SMILES string of the molecule is CC(NC(=O)c1cnc2n1C(C)(Cc1ccc(C#N)cc1)C(=O)N2c1cc(Cl)c(F)c(Cl)c1)C(=O)NC1(c2ccccn2)CC1. The van der Waals surface area contributed by atoms with E-state index in [0.717, 1.165) is 18.5 Å². The maximum absolute atomic E-state index is 14.3. The Kier molecular flexibility index (Phi) is 7.59. The molecule has 13 heteroatoms. The molecule has 1 fully saturated rings. The summed E-state index contributed by atoms with van der Waals surface area (Å²) < 4.78 is 15.8. The largest absolute Gasteiger partial charge is 0.343 e. The summed E-state index contributed by atoms with van der Waals surface area (Å²) in [5.74, 6) is -2.24. The Morgan fingerprint density at radius 1 is 1.11 bits per heavy atom. The monoisotopic (exact) mass is 645 g/mol. The molecule has 2 atom stereocenters. The van der Waals surface area contributed by atoms with Crippen molar-refractivity contribution in [2.24, 2.45) is 0 Å². The zero-order valence-corrected chi connectivity index (χ0v) is 25.7. The molecule has 10 nitrogen and oxygen atoms in total. The first-order valence-electron chi connectivity index (χ1n) is 14.1. The molecule has 3 amide bonds. The number of nitrogens with one attached hydrogen (secondary N) is 2. The summed E-state index contributed by atoms with van der Waals surface area (Å²) in [5, 5.41) is 14.4. The number of rotatable bonds is 8. The molecule has 1 saturated carbocycles. The number of imidazole rings is 1. The third-order valence-corrected chi connectivity index (χ3v) is 8.75. The maximum atomic E-state index is 14.3. The van der Waals surface area contributed by atoms with Crippen molar-refractivity contribution in [3.05, 3.63) is 105 Å². The van der Waals surface area contributed by atoms with Gasteiger partial charge < -0.3 is 10.6 Å². The van der Waals surface area contributed by atoms with Crippen molar-refractivity contribution in [2.45, 2.75) is 50.2 Å². The average molecular weight is 647 g/mol. The van der Waals surface area contributed by atoms with Crippen molar-refractivity contribution in [1.29, 1.82) is 5.26 Å². The van der Waals surface area contributed by atoms with Crippen molar-refractivity contribution in [3.8, 4) is 6.07 Å². The molecule has 2 aromatic carbocycles. The zero-order valence-electron chi connectivity index (χ0n) is 24.1. The third-order valence-electron chi connectivity index (χ3n) is 8.20. The summed E-state index contributed by atoms with van der Waals surface area (Å²) in [7, 11) is 0. The minimum absolute atomic E-state index is 0.0295. The fourth-order valence-corrected chi connectivity index (χ4v) is 6.10. The quantitative estimate of drug-likeness (QED) is 0.255. The van der Waals surface area contributed by atoms with Gasteiger partial charge in [0.05, 0.1) is 44.8 Å². The molecule has 1 aliphatic carbocycles. The van der Waals surface area contributed by atoms with Crippen LogP contribution in [0.25, 0.3) is 0 Å². The van der Waals surface area contributed by atoms with E-state index in [2.05, 4.69) is 26.7 Å². The number of nitrogens with zero attached hydrogens (tertiary/aromatic N) is 5. The van der Waals surface area contributed by atoms with Crippen LogP contribution < -0.4 is 15.5 Å². The van der Waals surface area contributed by atoms with E-state index in [0.29, 0.717) is 11.1 Å². The molecule has 0 bridgehead atoms. The van der Waals surface area contributed by atoms with E-state index in [-0.39, 0.29) is 39.7 Å². The zero-order chi connectivity index (χ0) is 32.1. The molecular weight excluding hydrogens is 620 g/mol. The molecule has 2 N–H and O–H groups in total. The molecule has 2 unspecified atom stereocenters. The molecule has 0 saturated heterocycles. The summed E-state index contributed by atoms with van der Waals surface area (Å²) in [6.45, 7) is 3.22. The van der Waals surface area contributed by atoms with Gasteiger partial charge >= 0.3 is 0 Å². The van der Waals surface area contributed by atoms with Gasteiger partial charge in [0.2, 0.25) is 11.9 Å². The van der Waals surface area contributed by atoms with E-state index >= 15 is 0 Å². The van der Waals surface area contributed by atoms with E-state index in [1.165, 1.54) is 27.8 Å². The number of amides is 3. The Morgan fingerprint density at radius 2 is 1.80 bits per heavy atom. The highest BCUT2D eigenvalue weighted by Gasteiger charge is 2.51. The lowest BCUT2D eigenvalue weighted by Gasteiger charge is -2.27. The summed E-state index contributed by atoms with van der Waals surface area (Å²) >= 11 is 12.2. The fraction of sp³-hybridized carbons (Fsp3) is 0.250. The standard InChI is InChI=1S/C32H26Cl2FN7O3/c1-18(27(43)40-32(10-11-32)25-5-3-4-12-37-25)39-28(44)24-17-38-30-41(21-13-22(33)26(35)23(34)14-21)29(45)31(2,42(24)30)15-19-6-8-20(16-36)9-7-19/h3-9,12-14,17-18H,10-11,15H2,1-2H3,(H,39,44)(H,40,43). The number of pyridine rings is 1. The van der Waals surface area contributed by atoms with Crippen LogP contribution in [0.15, 0.2) is 67.0 Å². The topological polar surface area (TPSA) is 133 Å². The molecule has 45 heavy (non-hydrogen) atoms. The normalized spacial score (nSPS) is 18.6. The smallest absolute Gasteiger partial charge is 0.270 e. The van der Waals surface area contributed by atoms with Gasteiger partial charge in [-0.05, 0) is 68.7 Å². The molecule has 228 valence electrons. The van der Waals surface area contributed by atoms with Crippen molar-refractivity contribution in [1.82, 2.24) is 25.2 Å². The molecule has 1 aliphatic heterocycles. The highest BCUT2D eigenvalue weighted by atomic mass is 35.5. The second kappa shape index (κ2) is 11.3. The third kappa shape index (κ3) is 5.30. The summed E-state index contributed by atoms with van der Waals surface area (Å²) in [6, 6.07) is 15.9. The lowest BCUT2D eigenvalue weighted by atomic mass is 9.91. The highest BCUT2D eigenvalue weighted by Crippen LogP contribution is 2.45. The molecule has 4 aromatic rings. The van der Waals surface area contributed by atoms with Crippen molar-refractivity contribution in [3.63, 3.8) is 0 Å². The number of carbonyl (C=O) groups is 3. The minimum Gasteiger partial charge on any atom is -0.343 e. The Morgan fingerprint density at radius 3 is 2.40 bits per heavy atom. The first-order chi connectivity index (χ1) is 21.5. The van der Waals surface area contributed by atoms with Crippen LogP contribution >= 0.6 is 23.2 Å². The Hall–Kier alpha value is -4.79. The molecular formula is C32H26Cl2FN7O3. The number of fused-ring (bicyclic) bond motifs is 1. The molecule has 3 heterocycles. The first kappa shape index (κ1) is 30.2. The van der Waals surface area contributed by atoms with E-state index in [9.17, 15) is 24.0 Å². The predicted octanol–water partition coefficient (Wildman–Crippen LogP) is 5.16. The molecule has 0 radical (unpaired) electrons. The minimum atomic E-state index is -1.40. The highest BCUT2D eigenvalue weighted by molar-refractivity contribution is 6.35. The van der Waals surface area contributed by atoms with E-state index < -0.39 is 34.8 Å². The Balaban J connectivity index is 1.33. The van der Waals surface area contributed by atoms with Gasteiger partial charge in [0, 0.05) is 12.6 Å². The summed E-state index contributed by atoms with van der Waals surface area (Å²) in [4.78, 5) is 51.2. The van der Waals surface area contributed by atoms with Gasteiger partial charge in [-0.1, -0.05) is 41.4 Å². The van der Waals surface area contributed by atoms with Crippen LogP contribution in [0.3, 0.4) is 0 Å². The number of aromatic nitrogens is 3. The van der Waals surface area contributed by atoms with Crippen molar-refractivity contribution >= 4 is 52.6 Å². The Labute approximate surface area is 267 Å². The predicted molar refractivity (Wildman–Crippen MR) is 165 cm³/mol. The van der Waals surface area contributed by atoms with E-state index in [1.807, 2.05) is 12.1 Å². The van der Waals surface area contributed by atoms with Gasteiger partial charge in [-0.3, -0.25) is 23.9 Å². The van der Waals surface area contributed by atoms with Crippen LogP contribution in [0.5, 0.6) is 0 Å². The van der Waals surface area contributed by atoms with E-state index in [4.69, 9.17) is 23.2 Å². The number of halogens is 3. The van der Waals surface area contributed by atoms with Gasteiger partial charge in [0.25, 0.3) is 11.8 Å². The lowest BCUT2D eigenvalue weighted by molar-refractivity contribution is -0.124. The maximum Gasteiger partial charge on any atom is 0.270 e. The second-order valence-electron chi connectivity index (χ2n) is 11.4. The number of hydrogen-bond acceptors (Lipinski definition) is 6. The molecule has 0 spiro atoms. The lowest BCUT2D eigenvalue weighted by Crippen LogP contribution is -2.49. The molecule has 2 aliphatic rings. The van der Waals surface area contributed by atoms with E-state index in [1.54, 1.807) is 50.4 Å². The molecule has 6 rings (SSSR count). The number of hydrogen-bond donors (Lipinski definition) is 2. The number of nitriles is 1. The summed E-state index contributed by atoms with van der Waals surface area (Å²) in [5.41, 5.74) is 0.138. The summed E-state index contributed by atoms with van der Waals surface area (Å²) in [6.07, 6.45) is 4.56. The van der Waals surface area contributed by atoms with Crippen molar-refractivity contribution in [2.75, 3.05) is 4.90 Å². The fourth-order valence-electron chi connectivity index (χ4n) is 5.62. The average Bonchev–Trinajstić information content (AvgIpc) is 3.62. The van der Waals surface area contributed by atoms with Crippen LogP contribution in [-0.4, -0.2) is 38.3 Å². The Bertz CT molecular complexity index is 1860. The van der Waals surface area contributed by atoms with Gasteiger partial charge in [-0.2, -0.15) is 5.26 Å². The number of carbonyl (C=O) groups excluding carboxylic acids is 3. The van der Waals surface area contributed by atoms with Gasteiger partial charge in [0.1, 0.15) is 17.3 Å². The number of benzene rings is 2. The van der Waals surface area contributed by atoms with Crippen LogP contribution in [0.4, 0.5) is 16.0 Å².